The topological polar surface area (TPSA) is 32.3 Å². The molecule has 0 heterocycles. The molecule has 0 bridgehead atoms. The zero-order chi connectivity index (χ0) is 21.2. The predicted octanol–water partition coefficient (Wildman–Crippen LogP) is 7.14. The second-order valence-electron chi connectivity index (χ2n) is 8.02. The first-order chi connectivity index (χ1) is 15.2. The summed E-state index contributed by atoms with van der Waals surface area (Å²) >= 11 is 0. The SMILES string of the molecule is C[C@@H](N[C@H](c1ccccc1)c1c(O)ccc2ccccc12)c1cccc2ccccc12. The number of hydrogen-bond acceptors (Lipinski definition) is 2. The molecule has 2 N–H and O–H groups in total. The highest BCUT2D eigenvalue weighted by Gasteiger charge is 2.23. The quantitative estimate of drug-likeness (QED) is 0.327. The summed E-state index contributed by atoms with van der Waals surface area (Å²) in [4.78, 5) is 0. The molecule has 5 rings (SSSR count). The highest BCUT2D eigenvalue weighted by atomic mass is 16.3. The van der Waals surface area contributed by atoms with Crippen LogP contribution in [0.2, 0.25) is 0 Å². The van der Waals surface area contributed by atoms with Gasteiger partial charge >= 0.3 is 0 Å². The first kappa shape index (κ1) is 19.3. The van der Waals surface area contributed by atoms with Crippen LogP contribution >= 0.6 is 0 Å². The van der Waals surface area contributed by atoms with Gasteiger partial charge in [-0.15, -0.1) is 0 Å². The van der Waals surface area contributed by atoms with Crippen molar-refractivity contribution in [2.24, 2.45) is 0 Å². The minimum absolute atomic E-state index is 0.0784. The summed E-state index contributed by atoms with van der Waals surface area (Å²) in [6.45, 7) is 2.19. The van der Waals surface area contributed by atoms with E-state index in [1.807, 2.05) is 24.3 Å². The lowest BCUT2D eigenvalue weighted by molar-refractivity contribution is 0.449. The molecule has 0 fully saturated rings. The van der Waals surface area contributed by atoms with Gasteiger partial charge in [-0.05, 0) is 45.7 Å². The number of benzene rings is 5. The van der Waals surface area contributed by atoms with E-state index in [4.69, 9.17) is 0 Å². The summed E-state index contributed by atoms with van der Waals surface area (Å²) in [6.07, 6.45) is 0. The average Bonchev–Trinajstić information content (AvgIpc) is 2.83. The van der Waals surface area contributed by atoms with Crippen LogP contribution in [0.15, 0.2) is 109 Å². The summed E-state index contributed by atoms with van der Waals surface area (Å²) < 4.78 is 0. The van der Waals surface area contributed by atoms with Gasteiger partial charge < -0.3 is 5.11 Å². The third kappa shape index (κ3) is 3.67. The van der Waals surface area contributed by atoms with Crippen molar-refractivity contribution < 1.29 is 5.11 Å². The number of aromatic hydroxyl groups is 1. The van der Waals surface area contributed by atoms with Crippen molar-refractivity contribution in [3.05, 3.63) is 126 Å². The predicted molar refractivity (Wildman–Crippen MR) is 129 cm³/mol. The van der Waals surface area contributed by atoms with Crippen LogP contribution in [0.3, 0.4) is 0 Å². The first-order valence-electron chi connectivity index (χ1n) is 10.7. The van der Waals surface area contributed by atoms with Crippen molar-refractivity contribution >= 4 is 21.5 Å². The van der Waals surface area contributed by atoms with E-state index in [1.165, 1.54) is 16.3 Å². The van der Waals surface area contributed by atoms with Gasteiger partial charge in [-0.3, -0.25) is 5.32 Å². The van der Waals surface area contributed by atoms with Crippen molar-refractivity contribution in [3.8, 4) is 5.75 Å². The van der Waals surface area contributed by atoms with Crippen LogP contribution in [-0.2, 0) is 0 Å². The maximum Gasteiger partial charge on any atom is 0.121 e. The number of hydrogen-bond donors (Lipinski definition) is 2. The van der Waals surface area contributed by atoms with Gasteiger partial charge in [0, 0.05) is 11.6 Å². The van der Waals surface area contributed by atoms with E-state index in [0.717, 1.165) is 21.9 Å². The van der Waals surface area contributed by atoms with Crippen molar-refractivity contribution in [2.75, 3.05) is 0 Å². The molecule has 0 unspecified atom stereocenters. The molecule has 0 saturated carbocycles. The fourth-order valence-electron chi connectivity index (χ4n) is 4.55. The molecule has 0 spiro atoms. The zero-order valence-corrected chi connectivity index (χ0v) is 17.5. The van der Waals surface area contributed by atoms with Gasteiger partial charge in [0.2, 0.25) is 0 Å². The molecule has 0 saturated heterocycles. The minimum Gasteiger partial charge on any atom is -0.508 e. The van der Waals surface area contributed by atoms with Crippen LogP contribution < -0.4 is 5.32 Å². The Kier molecular flexibility index (Phi) is 5.15. The fourth-order valence-corrected chi connectivity index (χ4v) is 4.55. The molecule has 31 heavy (non-hydrogen) atoms. The lowest BCUT2D eigenvalue weighted by Gasteiger charge is -2.27. The molecule has 0 aliphatic rings. The molecule has 0 radical (unpaired) electrons. The molecule has 0 aliphatic heterocycles. The number of phenolic OH excluding ortho intramolecular Hbond substituents is 1. The fraction of sp³-hybridized carbons (Fsp3) is 0.103. The zero-order valence-electron chi connectivity index (χ0n) is 17.5. The van der Waals surface area contributed by atoms with Gasteiger partial charge in [-0.1, -0.05) is 103 Å². The molecule has 2 nitrogen and oxygen atoms in total. The van der Waals surface area contributed by atoms with Crippen LogP contribution in [0.4, 0.5) is 0 Å². The molecule has 5 aromatic carbocycles. The Balaban J connectivity index is 1.64. The minimum atomic E-state index is -0.152. The Bertz CT molecular complexity index is 1340. The van der Waals surface area contributed by atoms with Gasteiger partial charge in [-0.25, -0.2) is 0 Å². The molecule has 2 heteroatoms. The van der Waals surface area contributed by atoms with Gasteiger partial charge in [0.25, 0.3) is 0 Å². The van der Waals surface area contributed by atoms with E-state index < -0.39 is 0 Å². The van der Waals surface area contributed by atoms with E-state index >= 15 is 0 Å². The second kappa shape index (κ2) is 8.25. The van der Waals surface area contributed by atoms with Crippen LogP contribution in [0.25, 0.3) is 21.5 Å². The molecule has 2 atom stereocenters. The largest absolute Gasteiger partial charge is 0.508 e. The summed E-state index contributed by atoms with van der Waals surface area (Å²) in [5, 5.41) is 19.5. The summed E-state index contributed by atoms with van der Waals surface area (Å²) in [5.41, 5.74) is 3.29. The Hall–Kier alpha value is -3.62. The Morgan fingerprint density at radius 3 is 2.00 bits per heavy atom. The Morgan fingerprint density at radius 1 is 0.613 bits per heavy atom. The van der Waals surface area contributed by atoms with Crippen LogP contribution in [0, 0.1) is 0 Å². The maximum atomic E-state index is 11.0. The van der Waals surface area contributed by atoms with E-state index in [1.54, 1.807) is 6.07 Å². The molecular formula is C29H25NO. The van der Waals surface area contributed by atoms with Gasteiger partial charge in [0.15, 0.2) is 0 Å². The normalized spacial score (nSPS) is 13.3. The van der Waals surface area contributed by atoms with E-state index in [2.05, 4.69) is 91.1 Å². The standard InChI is InChI=1S/C29H25NO/c1-20(24-17-9-14-21-10-5-7-15-25(21)24)30-29(23-12-3-2-4-13-23)28-26-16-8-6-11-22(26)18-19-27(28)31/h2-20,29-31H,1H3/t20-,29-/m1/s1. The number of rotatable bonds is 5. The lowest BCUT2D eigenvalue weighted by atomic mass is 9.91. The van der Waals surface area contributed by atoms with Crippen LogP contribution in [-0.4, -0.2) is 5.11 Å². The molecule has 0 amide bonds. The highest BCUT2D eigenvalue weighted by molar-refractivity contribution is 5.89. The lowest BCUT2D eigenvalue weighted by Crippen LogP contribution is -2.26. The third-order valence-electron chi connectivity index (χ3n) is 6.08. The van der Waals surface area contributed by atoms with E-state index in [0.29, 0.717) is 5.75 Å². The molecular weight excluding hydrogens is 378 g/mol. The van der Waals surface area contributed by atoms with Crippen molar-refractivity contribution in [1.82, 2.24) is 5.32 Å². The highest BCUT2D eigenvalue weighted by Crippen LogP contribution is 2.37. The van der Waals surface area contributed by atoms with Gasteiger partial charge in [-0.2, -0.15) is 0 Å². The van der Waals surface area contributed by atoms with Crippen LogP contribution in [0.1, 0.15) is 35.7 Å². The van der Waals surface area contributed by atoms with Crippen molar-refractivity contribution in [3.63, 3.8) is 0 Å². The smallest absolute Gasteiger partial charge is 0.121 e. The van der Waals surface area contributed by atoms with Crippen molar-refractivity contribution in [2.45, 2.75) is 19.0 Å². The Labute approximate surface area is 182 Å². The number of phenols is 1. The second-order valence-corrected chi connectivity index (χ2v) is 8.02. The summed E-state index contributed by atoms with van der Waals surface area (Å²) in [5.74, 6) is 0.310. The molecule has 5 aromatic rings. The van der Waals surface area contributed by atoms with Gasteiger partial charge in [0.1, 0.15) is 5.75 Å². The van der Waals surface area contributed by atoms with E-state index in [9.17, 15) is 5.11 Å². The first-order valence-corrected chi connectivity index (χ1v) is 10.7. The molecule has 152 valence electrons. The van der Waals surface area contributed by atoms with Crippen LogP contribution in [0.5, 0.6) is 5.75 Å². The summed E-state index contributed by atoms with van der Waals surface area (Å²) in [6, 6.07) is 37.3. The molecule has 0 aliphatic carbocycles. The Morgan fingerprint density at radius 2 is 1.23 bits per heavy atom. The molecule has 0 aromatic heterocycles. The third-order valence-corrected chi connectivity index (χ3v) is 6.08. The number of nitrogens with one attached hydrogen (secondary N) is 1. The number of fused-ring (bicyclic) bond motifs is 2. The van der Waals surface area contributed by atoms with Crippen molar-refractivity contribution in [1.29, 1.82) is 0 Å². The monoisotopic (exact) mass is 403 g/mol. The average molecular weight is 404 g/mol. The maximum absolute atomic E-state index is 11.0. The van der Waals surface area contributed by atoms with E-state index in [-0.39, 0.29) is 12.1 Å². The summed E-state index contributed by atoms with van der Waals surface area (Å²) in [7, 11) is 0. The van der Waals surface area contributed by atoms with Gasteiger partial charge in [0.05, 0.1) is 6.04 Å².